The molecule has 1 radical (unpaired) electrons. The largest absolute Gasteiger partial charge is 0.157 e. The average Bonchev–Trinajstić information content (AvgIpc) is 2.47. The number of hydrogen-bond acceptors (Lipinski definition) is 1. The van der Waals surface area contributed by atoms with Crippen LogP contribution in [-0.4, -0.2) is 5.75 Å². The Morgan fingerprint density at radius 2 is 1.00 bits per heavy atom. The molecule has 0 aromatic carbocycles. The summed E-state index contributed by atoms with van der Waals surface area (Å²) in [5, 5.41) is 0. The molecule has 0 unspecified atom stereocenters. The van der Waals surface area contributed by atoms with E-state index >= 15 is 0 Å². The third-order valence-electron chi connectivity index (χ3n) is 3.91. The zero-order valence-electron chi connectivity index (χ0n) is 14.3. The zero-order chi connectivity index (χ0) is 14.7. The third-order valence-corrected chi connectivity index (χ3v) is 4.90. The highest BCUT2D eigenvalue weighted by Crippen LogP contribution is 2.16. The van der Waals surface area contributed by atoms with Gasteiger partial charge in [0.1, 0.15) is 0 Å². The highest BCUT2D eigenvalue weighted by Gasteiger charge is 1.94. The predicted octanol–water partition coefficient (Wildman–Crippen LogP) is 7.77. The van der Waals surface area contributed by atoms with Gasteiger partial charge in [0.05, 0.1) is 0 Å². The third kappa shape index (κ3) is 18.4. The molecule has 0 nitrogen and oxygen atoms in total. The molecule has 0 aromatic rings. The maximum atomic E-state index is 2.46. The summed E-state index contributed by atoms with van der Waals surface area (Å²) < 4.78 is 0. The second kappa shape index (κ2) is 19.4. The van der Waals surface area contributed by atoms with Crippen molar-refractivity contribution in [2.24, 2.45) is 0 Å². The Labute approximate surface area is 133 Å². The van der Waals surface area contributed by atoms with E-state index in [4.69, 9.17) is 0 Å². The van der Waals surface area contributed by atoms with Crippen molar-refractivity contribution >= 4 is 11.8 Å². The lowest BCUT2D eigenvalue weighted by Gasteiger charge is -2.03. The summed E-state index contributed by atoms with van der Waals surface area (Å²) in [6.07, 6.45) is 21.4. The maximum absolute atomic E-state index is 2.46. The van der Waals surface area contributed by atoms with Crippen LogP contribution in [0.5, 0.6) is 0 Å². The summed E-state index contributed by atoms with van der Waals surface area (Å²) in [5.41, 5.74) is 0. The van der Waals surface area contributed by atoms with Crippen LogP contribution in [0.1, 0.15) is 110 Å². The van der Waals surface area contributed by atoms with Crippen LogP contribution < -0.4 is 0 Å². The van der Waals surface area contributed by atoms with Crippen molar-refractivity contribution in [1.29, 1.82) is 0 Å². The lowest BCUT2D eigenvalue weighted by atomic mass is 10.1. The van der Waals surface area contributed by atoms with Gasteiger partial charge >= 0.3 is 0 Å². The summed E-state index contributed by atoms with van der Waals surface area (Å²) in [5.74, 6) is 3.80. The van der Waals surface area contributed by atoms with E-state index < -0.39 is 0 Å². The number of rotatable bonds is 17. The monoisotopic (exact) mass is 299 g/mol. The van der Waals surface area contributed by atoms with Crippen molar-refractivity contribution in [3.63, 3.8) is 0 Å². The van der Waals surface area contributed by atoms with E-state index in [1.54, 1.807) is 0 Å². The van der Waals surface area contributed by atoms with Gasteiger partial charge in [-0.05, 0) is 18.6 Å². The lowest BCUT2D eigenvalue weighted by molar-refractivity contribution is 0.557. The lowest BCUT2D eigenvalue weighted by Crippen LogP contribution is -1.83. The number of thioether (sulfide) groups is 1. The van der Waals surface area contributed by atoms with E-state index in [-0.39, 0.29) is 0 Å². The molecule has 0 saturated heterocycles. The molecule has 0 spiro atoms. The predicted molar refractivity (Wildman–Crippen MR) is 97.4 cm³/mol. The first-order valence-corrected chi connectivity index (χ1v) is 10.4. The van der Waals surface area contributed by atoms with Gasteiger partial charge in [-0.1, -0.05) is 97.3 Å². The quantitative estimate of drug-likeness (QED) is 0.247. The standard InChI is InChI=1S/C19H39S/c1-3-5-7-9-10-11-12-13-14-15-17-19-20-18-16-8-6-4-2/h19H,3-18H2,1-2H3. The molecule has 20 heavy (non-hydrogen) atoms. The van der Waals surface area contributed by atoms with Crippen LogP contribution in [0, 0.1) is 5.75 Å². The van der Waals surface area contributed by atoms with E-state index in [2.05, 4.69) is 31.4 Å². The van der Waals surface area contributed by atoms with Crippen molar-refractivity contribution in [3.8, 4) is 0 Å². The first-order chi connectivity index (χ1) is 9.91. The first kappa shape index (κ1) is 20.3. The molecule has 0 saturated carbocycles. The van der Waals surface area contributed by atoms with Crippen LogP contribution in [0.25, 0.3) is 0 Å². The highest BCUT2D eigenvalue weighted by molar-refractivity contribution is 8.01. The van der Waals surface area contributed by atoms with E-state index in [9.17, 15) is 0 Å². The molecule has 0 aliphatic rings. The van der Waals surface area contributed by atoms with Crippen molar-refractivity contribution in [2.45, 2.75) is 110 Å². The van der Waals surface area contributed by atoms with Crippen LogP contribution >= 0.6 is 11.8 Å². The Kier molecular flexibility index (Phi) is 19.7. The molecule has 1 heteroatoms. The average molecular weight is 300 g/mol. The smallest absolute Gasteiger partial charge is 0.0166 e. The van der Waals surface area contributed by atoms with E-state index in [1.807, 2.05) is 0 Å². The van der Waals surface area contributed by atoms with Crippen LogP contribution in [0.2, 0.25) is 0 Å². The molecule has 0 aromatic heterocycles. The molecule has 0 aliphatic carbocycles. The topological polar surface area (TPSA) is 0 Å². The molecule has 0 bridgehead atoms. The molecule has 0 fully saturated rings. The molecule has 0 amide bonds. The SMILES string of the molecule is CCCCCCCCCCCC[CH]SCCCCCC. The fourth-order valence-electron chi connectivity index (χ4n) is 2.49. The van der Waals surface area contributed by atoms with Crippen LogP contribution in [-0.2, 0) is 0 Å². The van der Waals surface area contributed by atoms with Gasteiger partial charge < -0.3 is 0 Å². The minimum atomic E-state index is 1.33. The summed E-state index contributed by atoms with van der Waals surface area (Å²) >= 11 is 2.06. The normalized spacial score (nSPS) is 11.1. The molecule has 0 rings (SSSR count). The van der Waals surface area contributed by atoms with Crippen LogP contribution in [0.15, 0.2) is 0 Å². The molecule has 0 heterocycles. The summed E-state index contributed by atoms with van der Waals surface area (Å²) in [6.45, 7) is 4.57. The molecular formula is C19H39S. The Hall–Kier alpha value is 0.350. The van der Waals surface area contributed by atoms with Crippen molar-refractivity contribution in [1.82, 2.24) is 0 Å². The zero-order valence-corrected chi connectivity index (χ0v) is 15.1. The Morgan fingerprint density at radius 3 is 1.55 bits per heavy atom. The number of hydrogen-bond donors (Lipinski definition) is 0. The van der Waals surface area contributed by atoms with Gasteiger partial charge in [-0.3, -0.25) is 0 Å². The number of unbranched alkanes of at least 4 members (excludes halogenated alkanes) is 13. The fourth-order valence-corrected chi connectivity index (χ4v) is 3.36. The molecule has 0 N–H and O–H groups in total. The maximum Gasteiger partial charge on any atom is 0.0166 e. The highest BCUT2D eigenvalue weighted by atomic mass is 32.2. The summed E-state index contributed by atoms with van der Waals surface area (Å²) in [4.78, 5) is 0. The van der Waals surface area contributed by atoms with Crippen molar-refractivity contribution in [2.75, 3.05) is 5.75 Å². The van der Waals surface area contributed by atoms with Gasteiger partial charge in [0, 0.05) is 5.75 Å². The minimum Gasteiger partial charge on any atom is -0.157 e. The van der Waals surface area contributed by atoms with Gasteiger partial charge in [0.25, 0.3) is 0 Å². The molecule has 0 atom stereocenters. The minimum absolute atomic E-state index is 1.33. The first-order valence-electron chi connectivity index (χ1n) is 9.35. The van der Waals surface area contributed by atoms with Gasteiger partial charge in [0.15, 0.2) is 0 Å². The molecule has 121 valence electrons. The van der Waals surface area contributed by atoms with E-state index in [1.165, 1.54) is 102 Å². The summed E-state index contributed by atoms with van der Waals surface area (Å²) in [7, 11) is 0. The van der Waals surface area contributed by atoms with Gasteiger partial charge in [-0.2, -0.15) is 11.8 Å². The Bertz CT molecular complexity index is 138. The second-order valence-electron chi connectivity index (χ2n) is 6.07. The Balaban J connectivity index is 2.89. The van der Waals surface area contributed by atoms with Gasteiger partial charge in [0.2, 0.25) is 0 Å². The van der Waals surface area contributed by atoms with Crippen LogP contribution in [0.3, 0.4) is 0 Å². The van der Waals surface area contributed by atoms with E-state index in [0.717, 1.165) is 0 Å². The van der Waals surface area contributed by atoms with Crippen LogP contribution in [0.4, 0.5) is 0 Å². The molecule has 0 aliphatic heterocycles. The fraction of sp³-hybridized carbons (Fsp3) is 0.947. The second-order valence-corrected chi connectivity index (χ2v) is 7.14. The van der Waals surface area contributed by atoms with Crippen molar-refractivity contribution in [3.05, 3.63) is 5.75 Å². The van der Waals surface area contributed by atoms with Crippen molar-refractivity contribution < 1.29 is 0 Å². The Morgan fingerprint density at radius 1 is 0.550 bits per heavy atom. The van der Waals surface area contributed by atoms with Gasteiger partial charge in [-0.25, -0.2) is 0 Å². The molecular weight excluding hydrogens is 260 g/mol. The van der Waals surface area contributed by atoms with E-state index in [0.29, 0.717) is 0 Å². The van der Waals surface area contributed by atoms with Gasteiger partial charge in [-0.15, -0.1) is 0 Å². The summed E-state index contributed by atoms with van der Waals surface area (Å²) in [6, 6.07) is 0.